The first-order valence-corrected chi connectivity index (χ1v) is 6.03. The highest BCUT2D eigenvalue weighted by Crippen LogP contribution is 2.26. The quantitative estimate of drug-likeness (QED) is 0.947. The zero-order valence-electron chi connectivity index (χ0n) is 9.60. The number of halogens is 2. The Morgan fingerprint density at radius 2 is 2.06 bits per heavy atom. The van der Waals surface area contributed by atoms with E-state index >= 15 is 0 Å². The lowest BCUT2D eigenvalue weighted by atomic mass is 10.0. The highest BCUT2D eigenvalue weighted by atomic mass is 79.9. The van der Waals surface area contributed by atoms with Crippen LogP contribution in [0.3, 0.4) is 0 Å². The van der Waals surface area contributed by atoms with E-state index in [0.29, 0.717) is 21.3 Å². The number of hydrogen-bond donors (Lipinski definition) is 1. The summed E-state index contributed by atoms with van der Waals surface area (Å²) in [5.74, 6) is 0.131. The van der Waals surface area contributed by atoms with Crippen LogP contribution in [-0.4, -0.2) is 17.2 Å². The van der Waals surface area contributed by atoms with Gasteiger partial charge in [-0.2, -0.15) is 0 Å². The number of rotatable bonds is 3. The first-order valence-electron chi connectivity index (χ1n) is 5.24. The molecule has 18 heavy (non-hydrogen) atoms. The van der Waals surface area contributed by atoms with Crippen LogP contribution in [0.15, 0.2) is 41.1 Å². The molecule has 1 aromatic heterocycles. The smallest absolute Gasteiger partial charge is 0.137 e. The molecule has 94 valence electrons. The molecule has 1 aromatic carbocycles. The van der Waals surface area contributed by atoms with Crippen molar-refractivity contribution in [3.8, 4) is 5.75 Å². The normalized spacial score (nSPS) is 12.2. The van der Waals surface area contributed by atoms with E-state index in [0.717, 1.165) is 0 Å². The summed E-state index contributed by atoms with van der Waals surface area (Å²) in [6, 6.07) is 6.16. The fourth-order valence-electron chi connectivity index (χ4n) is 1.57. The number of hydrogen-bond acceptors (Lipinski definition) is 3. The number of aromatic nitrogens is 1. The van der Waals surface area contributed by atoms with E-state index in [1.165, 1.54) is 19.4 Å². The maximum atomic E-state index is 13.4. The molecule has 0 aliphatic carbocycles. The first kappa shape index (κ1) is 13.0. The SMILES string of the molecule is COc1cncc(C(O)c2ccc(Br)c(F)c2)c1. The Morgan fingerprint density at radius 1 is 1.28 bits per heavy atom. The van der Waals surface area contributed by atoms with Gasteiger partial charge in [-0.1, -0.05) is 6.07 Å². The summed E-state index contributed by atoms with van der Waals surface area (Å²) in [6.07, 6.45) is 2.13. The van der Waals surface area contributed by atoms with Crippen molar-refractivity contribution in [3.05, 3.63) is 58.1 Å². The van der Waals surface area contributed by atoms with Crippen molar-refractivity contribution >= 4 is 15.9 Å². The average molecular weight is 312 g/mol. The summed E-state index contributed by atoms with van der Waals surface area (Å²) < 4.78 is 18.8. The minimum atomic E-state index is -0.935. The second-order valence-electron chi connectivity index (χ2n) is 3.73. The molecule has 5 heteroatoms. The van der Waals surface area contributed by atoms with Crippen LogP contribution < -0.4 is 4.74 Å². The van der Waals surface area contributed by atoms with Gasteiger partial charge < -0.3 is 9.84 Å². The number of aliphatic hydroxyl groups is 1. The Hall–Kier alpha value is -1.46. The number of benzene rings is 1. The third-order valence-electron chi connectivity index (χ3n) is 2.55. The largest absolute Gasteiger partial charge is 0.495 e. The van der Waals surface area contributed by atoms with Gasteiger partial charge in [0.15, 0.2) is 0 Å². The standard InChI is InChI=1S/C13H11BrFNO2/c1-18-10-4-9(6-16-7-10)13(17)8-2-3-11(14)12(15)5-8/h2-7,13,17H,1H3. The van der Waals surface area contributed by atoms with Gasteiger partial charge in [-0.25, -0.2) is 4.39 Å². The molecule has 0 radical (unpaired) electrons. The van der Waals surface area contributed by atoms with Crippen molar-refractivity contribution in [2.24, 2.45) is 0 Å². The summed E-state index contributed by atoms with van der Waals surface area (Å²) in [7, 11) is 1.52. The minimum Gasteiger partial charge on any atom is -0.495 e. The van der Waals surface area contributed by atoms with E-state index in [-0.39, 0.29) is 0 Å². The Labute approximate surface area is 112 Å². The summed E-state index contributed by atoms with van der Waals surface area (Å²) in [5.41, 5.74) is 1.02. The van der Waals surface area contributed by atoms with Crippen molar-refractivity contribution in [2.75, 3.05) is 7.11 Å². The number of methoxy groups -OCH3 is 1. The second-order valence-corrected chi connectivity index (χ2v) is 4.59. The van der Waals surface area contributed by atoms with E-state index in [4.69, 9.17) is 4.74 Å². The molecular weight excluding hydrogens is 301 g/mol. The first-order chi connectivity index (χ1) is 8.61. The Morgan fingerprint density at radius 3 is 2.72 bits per heavy atom. The Bertz CT molecular complexity index is 562. The summed E-state index contributed by atoms with van der Waals surface area (Å²) in [5, 5.41) is 10.1. The molecule has 2 aromatic rings. The molecular formula is C13H11BrFNO2. The van der Waals surface area contributed by atoms with Gasteiger partial charge in [-0.3, -0.25) is 4.98 Å². The third-order valence-corrected chi connectivity index (χ3v) is 3.19. The highest BCUT2D eigenvalue weighted by molar-refractivity contribution is 9.10. The van der Waals surface area contributed by atoms with Crippen LogP contribution in [-0.2, 0) is 0 Å². The van der Waals surface area contributed by atoms with Gasteiger partial charge in [0.05, 0.1) is 17.8 Å². The van der Waals surface area contributed by atoms with Crippen molar-refractivity contribution in [3.63, 3.8) is 0 Å². The second kappa shape index (κ2) is 5.46. The molecule has 1 N–H and O–H groups in total. The molecule has 0 bridgehead atoms. The van der Waals surface area contributed by atoms with Gasteiger partial charge >= 0.3 is 0 Å². The third kappa shape index (κ3) is 2.68. The van der Waals surface area contributed by atoms with Gasteiger partial charge in [-0.15, -0.1) is 0 Å². The topological polar surface area (TPSA) is 42.4 Å². The maximum absolute atomic E-state index is 13.4. The zero-order valence-corrected chi connectivity index (χ0v) is 11.2. The van der Waals surface area contributed by atoms with Crippen LogP contribution in [0.25, 0.3) is 0 Å². The van der Waals surface area contributed by atoms with Crippen LogP contribution >= 0.6 is 15.9 Å². The molecule has 0 aliphatic rings. The molecule has 0 aliphatic heterocycles. The predicted molar refractivity (Wildman–Crippen MR) is 69.0 cm³/mol. The van der Waals surface area contributed by atoms with Crippen LogP contribution in [0.2, 0.25) is 0 Å². The number of nitrogens with zero attached hydrogens (tertiary/aromatic N) is 1. The lowest BCUT2D eigenvalue weighted by Crippen LogP contribution is -2.01. The molecule has 3 nitrogen and oxygen atoms in total. The molecule has 0 saturated heterocycles. The van der Waals surface area contributed by atoms with Crippen molar-refractivity contribution in [1.82, 2.24) is 4.98 Å². The lowest BCUT2D eigenvalue weighted by Gasteiger charge is -2.12. The molecule has 0 fully saturated rings. The highest BCUT2D eigenvalue weighted by Gasteiger charge is 2.13. The van der Waals surface area contributed by atoms with Gasteiger partial charge in [0, 0.05) is 11.8 Å². The van der Waals surface area contributed by atoms with E-state index in [1.807, 2.05) is 0 Å². The lowest BCUT2D eigenvalue weighted by molar-refractivity contribution is 0.218. The van der Waals surface area contributed by atoms with Crippen LogP contribution in [0, 0.1) is 5.82 Å². The molecule has 0 spiro atoms. The van der Waals surface area contributed by atoms with Crippen LogP contribution in [0.5, 0.6) is 5.75 Å². The summed E-state index contributed by atoms with van der Waals surface area (Å²) in [4.78, 5) is 3.95. The Kier molecular flexibility index (Phi) is 3.93. The van der Waals surface area contributed by atoms with Crippen molar-refractivity contribution < 1.29 is 14.2 Å². The fraction of sp³-hybridized carbons (Fsp3) is 0.154. The zero-order chi connectivity index (χ0) is 13.1. The molecule has 1 unspecified atom stereocenters. The number of pyridine rings is 1. The van der Waals surface area contributed by atoms with E-state index < -0.39 is 11.9 Å². The predicted octanol–water partition coefficient (Wildman–Crippen LogP) is 3.07. The average Bonchev–Trinajstić information content (AvgIpc) is 2.41. The summed E-state index contributed by atoms with van der Waals surface area (Å²) in [6.45, 7) is 0. The Balaban J connectivity index is 2.34. The number of ether oxygens (including phenoxy) is 1. The fourth-order valence-corrected chi connectivity index (χ4v) is 1.82. The van der Waals surface area contributed by atoms with Gasteiger partial charge in [-0.05, 0) is 39.7 Å². The van der Waals surface area contributed by atoms with Crippen LogP contribution in [0.1, 0.15) is 17.2 Å². The molecule has 1 atom stereocenters. The molecule has 0 amide bonds. The van der Waals surface area contributed by atoms with Gasteiger partial charge in [0.2, 0.25) is 0 Å². The molecule has 1 heterocycles. The van der Waals surface area contributed by atoms with Gasteiger partial charge in [0.1, 0.15) is 17.7 Å². The molecule has 0 saturated carbocycles. The van der Waals surface area contributed by atoms with Crippen molar-refractivity contribution in [1.29, 1.82) is 0 Å². The number of aliphatic hydroxyl groups excluding tert-OH is 1. The monoisotopic (exact) mass is 311 g/mol. The maximum Gasteiger partial charge on any atom is 0.137 e. The van der Waals surface area contributed by atoms with E-state index in [1.54, 1.807) is 24.4 Å². The van der Waals surface area contributed by atoms with Crippen molar-refractivity contribution in [2.45, 2.75) is 6.10 Å². The van der Waals surface area contributed by atoms with Crippen LogP contribution in [0.4, 0.5) is 4.39 Å². The molecule has 2 rings (SSSR count). The van der Waals surface area contributed by atoms with E-state index in [2.05, 4.69) is 20.9 Å². The minimum absolute atomic E-state index is 0.363. The summed E-state index contributed by atoms with van der Waals surface area (Å²) >= 11 is 3.07. The van der Waals surface area contributed by atoms with E-state index in [9.17, 15) is 9.50 Å². The van der Waals surface area contributed by atoms with Gasteiger partial charge in [0.25, 0.3) is 0 Å².